The van der Waals surface area contributed by atoms with Crippen molar-refractivity contribution >= 4 is 49.2 Å². The van der Waals surface area contributed by atoms with E-state index in [1.807, 2.05) is 0 Å². The van der Waals surface area contributed by atoms with E-state index in [1.54, 1.807) is 11.3 Å². The van der Waals surface area contributed by atoms with Crippen LogP contribution >= 0.6 is 22.9 Å². The molecule has 0 atom stereocenters. The number of hydrogen-bond acceptors (Lipinski definition) is 7. The molecule has 124 valence electrons. The molecule has 6 nitrogen and oxygen atoms in total. The highest BCUT2D eigenvalue weighted by atomic mass is 35.5. The minimum Gasteiger partial charge on any atom is -0.378 e. The predicted octanol–water partition coefficient (Wildman–Crippen LogP) is 3.00. The molecule has 0 radical (unpaired) electrons. The topological polar surface area (TPSA) is 64.0 Å². The van der Waals surface area contributed by atoms with Gasteiger partial charge in [0.2, 0.25) is 0 Å². The van der Waals surface area contributed by atoms with Crippen LogP contribution in [0.1, 0.15) is 24.0 Å². The summed E-state index contributed by atoms with van der Waals surface area (Å²) < 4.78 is 6.40. The summed E-state index contributed by atoms with van der Waals surface area (Å²) in [4.78, 5) is 8.39. The smallest absolute Gasteiger partial charge is 0.172 e. The molecule has 0 unspecified atom stereocenters. The fraction of sp³-hybridized carbons (Fsp3) is 0.500. The van der Waals surface area contributed by atoms with Crippen LogP contribution in [0.25, 0.3) is 20.4 Å². The van der Waals surface area contributed by atoms with E-state index in [0.29, 0.717) is 5.15 Å². The van der Waals surface area contributed by atoms with Gasteiger partial charge in [-0.1, -0.05) is 11.6 Å². The summed E-state index contributed by atoms with van der Waals surface area (Å²) in [6.45, 7) is 3.33. The standard InChI is InChI=1S/C16H16ClN5OS/c17-14-13-12(19-21-20-14)11-9-3-1-2-4-10(9)15(18-16(11)24-13)22-5-7-23-8-6-22/h1-8H2. The number of nitrogens with zero attached hydrogens (tertiary/aromatic N) is 5. The van der Waals surface area contributed by atoms with Gasteiger partial charge in [0.25, 0.3) is 0 Å². The number of morpholine rings is 1. The molecule has 2 aliphatic rings. The fourth-order valence-electron chi connectivity index (χ4n) is 3.78. The number of thiophene rings is 1. The van der Waals surface area contributed by atoms with Crippen LogP contribution in [-0.4, -0.2) is 46.7 Å². The van der Waals surface area contributed by atoms with Gasteiger partial charge in [0.1, 0.15) is 16.2 Å². The molecule has 1 aliphatic heterocycles. The number of anilines is 1. The minimum absolute atomic E-state index is 0.417. The fourth-order valence-corrected chi connectivity index (χ4v) is 5.03. The average molecular weight is 362 g/mol. The summed E-state index contributed by atoms with van der Waals surface area (Å²) in [7, 11) is 0. The van der Waals surface area contributed by atoms with E-state index in [-0.39, 0.29) is 0 Å². The lowest BCUT2D eigenvalue weighted by atomic mass is 9.90. The number of halogens is 1. The zero-order valence-electron chi connectivity index (χ0n) is 13.1. The maximum Gasteiger partial charge on any atom is 0.172 e. The molecular weight excluding hydrogens is 346 g/mol. The first-order valence-corrected chi connectivity index (χ1v) is 9.48. The van der Waals surface area contributed by atoms with Crippen molar-refractivity contribution in [2.45, 2.75) is 25.7 Å². The van der Waals surface area contributed by atoms with Crippen molar-refractivity contribution in [2.24, 2.45) is 0 Å². The summed E-state index contributed by atoms with van der Waals surface area (Å²) in [5, 5.41) is 13.5. The third-order valence-electron chi connectivity index (χ3n) is 4.89. The highest BCUT2D eigenvalue weighted by Gasteiger charge is 2.26. The molecule has 24 heavy (non-hydrogen) atoms. The van der Waals surface area contributed by atoms with E-state index in [0.717, 1.165) is 65.4 Å². The second-order valence-corrected chi connectivity index (χ2v) is 7.60. The van der Waals surface area contributed by atoms with Gasteiger partial charge >= 0.3 is 0 Å². The molecule has 0 aromatic carbocycles. The van der Waals surface area contributed by atoms with Gasteiger partial charge in [-0.3, -0.25) is 0 Å². The van der Waals surface area contributed by atoms with Gasteiger partial charge in [0.05, 0.1) is 17.9 Å². The molecule has 1 saturated heterocycles. The van der Waals surface area contributed by atoms with Crippen molar-refractivity contribution in [2.75, 3.05) is 31.2 Å². The molecule has 0 N–H and O–H groups in total. The van der Waals surface area contributed by atoms with Crippen LogP contribution in [0.3, 0.4) is 0 Å². The molecule has 1 fully saturated rings. The Morgan fingerprint density at radius 2 is 1.83 bits per heavy atom. The molecule has 8 heteroatoms. The Labute approximate surface area is 147 Å². The lowest BCUT2D eigenvalue weighted by Gasteiger charge is -2.31. The zero-order valence-corrected chi connectivity index (χ0v) is 14.7. The largest absolute Gasteiger partial charge is 0.378 e. The zero-order chi connectivity index (χ0) is 16.1. The summed E-state index contributed by atoms with van der Waals surface area (Å²) >= 11 is 7.82. The van der Waals surface area contributed by atoms with Crippen LogP contribution in [0.2, 0.25) is 5.15 Å². The van der Waals surface area contributed by atoms with Gasteiger partial charge in [-0.2, -0.15) is 0 Å². The first kappa shape index (κ1) is 14.7. The summed E-state index contributed by atoms with van der Waals surface area (Å²) in [6, 6.07) is 0. The molecular formula is C16H16ClN5OS. The number of pyridine rings is 1. The first-order valence-electron chi connectivity index (χ1n) is 8.28. The van der Waals surface area contributed by atoms with E-state index in [9.17, 15) is 0 Å². The lowest BCUT2D eigenvalue weighted by molar-refractivity contribution is 0.122. The number of aromatic nitrogens is 4. The van der Waals surface area contributed by atoms with Crippen LogP contribution in [0.15, 0.2) is 0 Å². The molecule has 0 bridgehead atoms. The van der Waals surface area contributed by atoms with Gasteiger partial charge in [0, 0.05) is 18.5 Å². The average Bonchev–Trinajstić information content (AvgIpc) is 3.02. The molecule has 0 saturated carbocycles. The Balaban J connectivity index is 1.82. The van der Waals surface area contributed by atoms with Crippen molar-refractivity contribution in [3.05, 3.63) is 16.3 Å². The van der Waals surface area contributed by atoms with Gasteiger partial charge in [0.15, 0.2) is 5.15 Å². The molecule has 0 spiro atoms. The van der Waals surface area contributed by atoms with Crippen molar-refractivity contribution < 1.29 is 4.74 Å². The Morgan fingerprint density at radius 3 is 2.67 bits per heavy atom. The van der Waals surface area contributed by atoms with Crippen LogP contribution in [0, 0.1) is 0 Å². The Morgan fingerprint density at radius 1 is 1.04 bits per heavy atom. The molecule has 3 aromatic heterocycles. The second-order valence-electron chi connectivity index (χ2n) is 6.24. The van der Waals surface area contributed by atoms with Crippen LogP contribution in [0.5, 0.6) is 0 Å². The molecule has 1 aliphatic carbocycles. The number of ether oxygens (including phenoxy) is 1. The molecule has 4 heterocycles. The Kier molecular flexibility index (Phi) is 3.53. The highest BCUT2D eigenvalue weighted by Crippen LogP contribution is 2.42. The summed E-state index contributed by atoms with van der Waals surface area (Å²) in [5.41, 5.74) is 3.62. The van der Waals surface area contributed by atoms with E-state index < -0.39 is 0 Å². The quantitative estimate of drug-likeness (QED) is 0.664. The summed E-state index contributed by atoms with van der Waals surface area (Å²) in [5.74, 6) is 1.13. The molecule has 5 rings (SSSR count). The van der Waals surface area contributed by atoms with Crippen molar-refractivity contribution in [3.63, 3.8) is 0 Å². The number of aryl methyl sites for hydroxylation is 1. The third kappa shape index (κ3) is 2.18. The van der Waals surface area contributed by atoms with Crippen LogP contribution in [0.4, 0.5) is 5.82 Å². The molecule has 3 aromatic rings. The SMILES string of the molecule is Clc1nnnc2c1sc1nc(N3CCOCC3)c3c(c12)CCCC3. The Hall–Kier alpha value is -1.57. The lowest BCUT2D eigenvalue weighted by Crippen LogP contribution is -2.37. The second kappa shape index (κ2) is 5.75. The van der Waals surface area contributed by atoms with Crippen molar-refractivity contribution in [1.29, 1.82) is 0 Å². The minimum atomic E-state index is 0.417. The maximum atomic E-state index is 6.24. The number of rotatable bonds is 1. The van der Waals surface area contributed by atoms with E-state index in [2.05, 4.69) is 20.3 Å². The van der Waals surface area contributed by atoms with Gasteiger partial charge < -0.3 is 9.64 Å². The third-order valence-corrected chi connectivity index (χ3v) is 6.34. The van der Waals surface area contributed by atoms with Gasteiger partial charge in [-0.05, 0) is 42.0 Å². The van der Waals surface area contributed by atoms with Crippen molar-refractivity contribution in [1.82, 2.24) is 20.4 Å². The summed E-state index contributed by atoms with van der Waals surface area (Å²) in [6.07, 6.45) is 4.57. The van der Waals surface area contributed by atoms with Crippen LogP contribution in [-0.2, 0) is 17.6 Å². The van der Waals surface area contributed by atoms with E-state index in [1.165, 1.54) is 24.0 Å². The maximum absolute atomic E-state index is 6.24. The number of fused-ring (bicyclic) bond motifs is 5. The van der Waals surface area contributed by atoms with Crippen molar-refractivity contribution in [3.8, 4) is 0 Å². The number of hydrogen-bond donors (Lipinski definition) is 0. The monoisotopic (exact) mass is 361 g/mol. The predicted molar refractivity (Wildman–Crippen MR) is 95.2 cm³/mol. The highest BCUT2D eigenvalue weighted by molar-refractivity contribution is 7.26. The van der Waals surface area contributed by atoms with Crippen LogP contribution < -0.4 is 4.90 Å². The van der Waals surface area contributed by atoms with Gasteiger partial charge in [-0.25, -0.2) is 4.98 Å². The molecule has 0 amide bonds. The first-order chi connectivity index (χ1) is 11.8. The van der Waals surface area contributed by atoms with E-state index >= 15 is 0 Å². The normalized spacial score (nSPS) is 18.3. The van der Waals surface area contributed by atoms with E-state index in [4.69, 9.17) is 21.3 Å². The van der Waals surface area contributed by atoms with Gasteiger partial charge in [-0.15, -0.1) is 21.5 Å². The Bertz CT molecular complexity index is 937.